The predicted molar refractivity (Wildman–Crippen MR) is 47.7 cm³/mol. The second-order valence-corrected chi connectivity index (χ2v) is 4.59. The lowest BCUT2D eigenvalue weighted by Crippen LogP contribution is -2.49. The molecule has 1 saturated heterocycles. The highest BCUT2D eigenvalue weighted by atomic mass is 32.2. The molecule has 66 valence electrons. The van der Waals surface area contributed by atoms with E-state index in [0.717, 1.165) is 25.4 Å². The maximum absolute atomic E-state index is 11.3. The van der Waals surface area contributed by atoms with Gasteiger partial charge in [-0.15, -0.1) is 0 Å². The normalized spacial score (nSPS) is 30.2. The summed E-state index contributed by atoms with van der Waals surface area (Å²) < 4.78 is 13.4. The van der Waals surface area contributed by atoms with E-state index in [1.807, 2.05) is 11.2 Å². The van der Waals surface area contributed by atoms with Crippen LogP contribution in [0.3, 0.4) is 0 Å². The standard InChI is InChI=1S/C7H16N2OS/c1-3-11(10)9-5-4-8-7(2)6-9/h7-8H,3-6H2,1-2H3/t7-,11?/m0/s1. The van der Waals surface area contributed by atoms with Crippen LogP contribution in [0.5, 0.6) is 0 Å². The van der Waals surface area contributed by atoms with E-state index >= 15 is 0 Å². The molecule has 4 heteroatoms. The Morgan fingerprint density at radius 3 is 3.00 bits per heavy atom. The van der Waals surface area contributed by atoms with Gasteiger partial charge in [0, 0.05) is 31.4 Å². The average molecular weight is 176 g/mol. The van der Waals surface area contributed by atoms with Crippen LogP contribution in [0.4, 0.5) is 0 Å². The molecule has 0 amide bonds. The third-order valence-electron chi connectivity index (χ3n) is 1.87. The van der Waals surface area contributed by atoms with E-state index in [0.29, 0.717) is 6.04 Å². The van der Waals surface area contributed by atoms with Crippen LogP contribution in [0.2, 0.25) is 0 Å². The Morgan fingerprint density at radius 1 is 1.73 bits per heavy atom. The number of nitrogens with one attached hydrogen (secondary N) is 1. The zero-order valence-electron chi connectivity index (χ0n) is 7.17. The molecule has 0 aromatic heterocycles. The Bertz CT molecular complexity index is 151. The molecule has 1 fully saturated rings. The van der Waals surface area contributed by atoms with Crippen LogP contribution in [0.1, 0.15) is 13.8 Å². The Morgan fingerprint density at radius 2 is 2.45 bits per heavy atom. The minimum Gasteiger partial charge on any atom is -0.312 e. The van der Waals surface area contributed by atoms with Crippen molar-refractivity contribution in [1.82, 2.24) is 9.62 Å². The van der Waals surface area contributed by atoms with Crippen LogP contribution in [-0.4, -0.2) is 39.9 Å². The third kappa shape index (κ3) is 2.54. The molecule has 0 aromatic carbocycles. The molecular weight excluding hydrogens is 160 g/mol. The molecule has 1 unspecified atom stereocenters. The van der Waals surface area contributed by atoms with Crippen LogP contribution < -0.4 is 5.32 Å². The van der Waals surface area contributed by atoms with Crippen molar-refractivity contribution in [3.05, 3.63) is 0 Å². The van der Waals surface area contributed by atoms with Gasteiger partial charge in [0.2, 0.25) is 0 Å². The molecule has 0 radical (unpaired) electrons. The van der Waals surface area contributed by atoms with E-state index < -0.39 is 11.0 Å². The van der Waals surface area contributed by atoms with Crippen molar-refractivity contribution >= 4 is 11.0 Å². The maximum atomic E-state index is 11.3. The summed E-state index contributed by atoms with van der Waals surface area (Å²) in [4.78, 5) is 0. The highest BCUT2D eigenvalue weighted by Crippen LogP contribution is 2.01. The van der Waals surface area contributed by atoms with Gasteiger partial charge in [0.15, 0.2) is 0 Å². The number of nitrogens with zero attached hydrogens (tertiary/aromatic N) is 1. The zero-order valence-corrected chi connectivity index (χ0v) is 7.99. The Hall–Kier alpha value is 0.0700. The van der Waals surface area contributed by atoms with Crippen LogP contribution in [0, 0.1) is 0 Å². The van der Waals surface area contributed by atoms with Crippen molar-refractivity contribution in [3.8, 4) is 0 Å². The lowest BCUT2D eigenvalue weighted by molar-refractivity contribution is 0.324. The molecule has 0 spiro atoms. The monoisotopic (exact) mass is 176 g/mol. The predicted octanol–water partition coefficient (Wildman–Crippen LogP) is -0.0363. The first-order chi connectivity index (χ1) is 5.24. The van der Waals surface area contributed by atoms with Crippen molar-refractivity contribution in [2.24, 2.45) is 0 Å². The van der Waals surface area contributed by atoms with Crippen molar-refractivity contribution in [1.29, 1.82) is 0 Å². The first-order valence-electron chi connectivity index (χ1n) is 4.11. The van der Waals surface area contributed by atoms with Crippen LogP contribution >= 0.6 is 0 Å². The van der Waals surface area contributed by atoms with Crippen molar-refractivity contribution in [2.75, 3.05) is 25.4 Å². The molecule has 0 aliphatic carbocycles. The van der Waals surface area contributed by atoms with Crippen LogP contribution in [0.25, 0.3) is 0 Å². The quantitative estimate of drug-likeness (QED) is 0.640. The molecule has 0 saturated carbocycles. The molecule has 1 aliphatic rings. The van der Waals surface area contributed by atoms with Gasteiger partial charge in [-0.2, -0.15) is 0 Å². The second kappa shape index (κ2) is 4.18. The molecule has 1 heterocycles. The summed E-state index contributed by atoms with van der Waals surface area (Å²) in [6.45, 7) is 6.89. The van der Waals surface area contributed by atoms with Gasteiger partial charge in [-0.3, -0.25) is 0 Å². The zero-order chi connectivity index (χ0) is 8.27. The first-order valence-corrected chi connectivity index (χ1v) is 5.38. The van der Waals surface area contributed by atoms with E-state index in [1.54, 1.807) is 0 Å². The fourth-order valence-corrected chi connectivity index (χ4v) is 2.31. The summed E-state index contributed by atoms with van der Waals surface area (Å²) in [5.74, 6) is 0.743. The van der Waals surface area contributed by atoms with E-state index in [1.165, 1.54) is 0 Å². The molecule has 1 N–H and O–H groups in total. The Balaban J connectivity index is 2.39. The minimum atomic E-state index is -0.741. The van der Waals surface area contributed by atoms with E-state index in [9.17, 15) is 4.21 Å². The molecule has 0 aromatic rings. The van der Waals surface area contributed by atoms with Gasteiger partial charge < -0.3 is 5.32 Å². The SMILES string of the molecule is CCS(=O)N1CCN[C@@H](C)C1. The van der Waals surface area contributed by atoms with Crippen LogP contribution in [0.15, 0.2) is 0 Å². The summed E-state index contributed by atoms with van der Waals surface area (Å²) in [5, 5.41) is 3.31. The van der Waals surface area contributed by atoms with Crippen molar-refractivity contribution in [2.45, 2.75) is 19.9 Å². The number of hydrogen-bond acceptors (Lipinski definition) is 2. The molecule has 1 aliphatic heterocycles. The van der Waals surface area contributed by atoms with E-state index in [-0.39, 0.29) is 0 Å². The number of rotatable bonds is 2. The highest BCUT2D eigenvalue weighted by molar-refractivity contribution is 7.82. The van der Waals surface area contributed by atoms with Crippen molar-refractivity contribution in [3.63, 3.8) is 0 Å². The maximum Gasteiger partial charge on any atom is 0.0940 e. The lowest BCUT2D eigenvalue weighted by Gasteiger charge is -2.30. The van der Waals surface area contributed by atoms with Gasteiger partial charge in [-0.1, -0.05) is 6.92 Å². The summed E-state index contributed by atoms with van der Waals surface area (Å²) in [7, 11) is -0.741. The number of piperazine rings is 1. The second-order valence-electron chi connectivity index (χ2n) is 2.85. The summed E-state index contributed by atoms with van der Waals surface area (Å²) >= 11 is 0. The van der Waals surface area contributed by atoms with Gasteiger partial charge in [0.1, 0.15) is 0 Å². The third-order valence-corrected chi connectivity index (χ3v) is 3.27. The van der Waals surface area contributed by atoms with E-state index in [2.05, 4.69) is 12.2 Å². The summed E-state index contributed by atoms with van der Waals surface area (Å²) in [6, 6.07) is 0.485. The lowest BCUT2D eigenvalue weighted by atomic mass is 10.3. The fraction of sp³-hybridized carbons (Fsp3) is 1.00. The molecule has 3 nitrogen and oxygen atoms in total. The highest BCUT2D eigenvalue weighted by Gasteiger charge is 2.18. The molecule has 11 heavy (non-hydrogen) atoms. The smallest absolute Gasteiger partial charge is 0.0940 e. The molecular formula is C7H16N2OS. The Kier molecular flexibility index (Phi) is 3.48. The first kappa shape index (κ1) is 9.16. The van der Waals surface area contributed by atoms with Crippen LogP contribution in [-0.2, 0) is 11.0 Å². The largest absolute Gasteiger partial charge is 0.312 e. The topological polar surface area (TPSA) is 32.3 Å². The van der Waals surface area contributed by atoms with Gasteiger partial charge >= 0.3 is 0 Å². The van der Waals surface area contributed by atoms with Gasteiger partial charge in [-0.05, 0) is 6.92 Å². The summed E-state index contributed by atoms with van der Waals surface area (Å²) in [5.41, 5.74) is 0. The van der Waals surface area contributed by atoms with Gasteiger partial charge in [0.25, 0.3) is 0 Å². The average Bonchev–Trinajstić information content (AvgIpc) is 2.03. The van der Waals surface area contributed by atoms with E-state index in [4.69, 9.17) is 0 Å². The molecule has 2 atom stereocenters. The summed E-state index contributed by atoms with van der Waals surface area (Å²) in [6.07, 6.45) is 0. The minimum absolute atomic E-state index is 0.485. The van der Waals surface area contributed by atoms with Gasteiger partial charge in [0.05, 0.1) is 11.0 Å². The Labute approximate surface area is 70.7 Å². The fourth-order valence-electron chi connectivity index (χ4n) is 1.26. The van der Waals surface area contributed by atoms with Crippen molar-refractivity contribution < 1.29 is 4.21 Å². The van der Waals surface area contributed by atoms with Gasteiger partial charge in [-0.25, -0.2) is 8.51 Å². The molecule has 1 rings (SSSR count). The molecule has 0 bridgehead atoms. The number of hydrogen-bond donors (Lipinski definition) is 1.